The number of nitrogens with one attached hydrogen (secondary N) is 7. The van der Waals surface area contributed by atoms with Gasteiger partial charge in [-0.05, 0) is 119 Å². The lowest BCUT2D eigenvalue weighted by Crippen LogP contribution is -2.55. The Kier molecular flexibility index (Phi) is 22.4. The number of carbonyl (C=O) groups excluding carboxylic acids is 6. The van der Waals surface area contributed by atoms with Gasteiger partial charge in [0, 0.05) is 47.9 Å². The highest BCUT2D eigenvalue weighted by molar-refractivity contribution is 5.99. The maximum Gasteiger partial charge on any atom is 0.251 e. The van der Waals surface area contributed by atoms with Crippen LogP contribution in [0.3, 0.4) is 0 Å². The third kappa shape index (κ3) is 17.6. The number of rotatable bonds is 28. The Morgan fingerprint density at radius 1 is 0.686 bits per heavy atom. The number of aliphatic hydroxyl groups excluding tert-OH is 1. The number of hydrogen-bond acceptors (Lipinski definition) is 11. The number of aliphatic hydroxyl groups is 1. The molecule has 0 aliphatic carbocycles. The zero-order chi connectivity index (χ0) is 51.3. The molecule has 1 aromatic heterocycles. The van der Waals surface area contributed by atoms with Gasteiger partial charge in [-0.1, -0.05) is 53.5 Å². The van der Waals surface area contributed by atoms with Crippen LogP contribution in [0.2, 0.25) is 0 Å². The molecule has 0 aliphatic rings. The van der Waals surface area contributed by atoms with E-state index >= 15 is 0 Å². The number of pyridine rings is 1. The van der Waals surface area contributed by atoms with Gasteiger partial charge in [0.15, 0.2) is 0 Å². The van der Waals surface area contributed by atoms with Gasteiger partial charge in [-0.25, -0.2) is 0 Å². The van der Waals surface area contributed by atoms with Crippen LogP contribution >= 0.6 is 0 Å². The summed E-state index contributed by atoms with van der Waals surface area (Å²) in [6.45, 7) is 15.8. The Hall–Kier alpha value is -6.75. The molecule has 6 amide bonds. The van der Waals surface area contributed by atoms with Crippen molar-refractivity contribution in [2.24, 2.45) is 11.8 Å². The number of unbranched alkanes of at least 4 members (excludes halogenated alkanes) is 1. The summed E-state index contributed by atoms with van der Waals surface area (Å²) in [5, 5.41) is 32.2. The van der Waals surface area contributed by atoms with Crippen LogP contribution < -0.4 is 46.7 Å². The molecule has 17 nitrogen and oxygen atoms in total. The molecule has 0 saturated carbocycles. The lowest BCUT2D eigenvalue weighted by atomic mass is 9.94. The van der Waals surface area contributed by atoms with Gasteiger partial charge in [0.2, 0.25) is 23.6 Å². The van der Waals surface area contributed by atoms with Crippen LogP contribution in [0.15, 0.2) is 79.0 Å². The van der Waals surface area contributed by atoms with Crippen molar-refractivity contribution in [2.45, 2.75) is 137 Å². The van der Waals surface area contributed by atoms with E-state index in [0.717, 1.165) is 41.6 Å². The van der Waals surface area contributed by atoms with Crippen molar-refractivity contribution in [1.82, 2.24) is 36.9 Å². The van der Waals surface area contributed by atoms with E-state index in [0.29, 0.717) is 49.4 Å². The molecule has 70 heavy (non-hydrogen) atoms. The first-order valence-corrected chi connectivity index (χ1v) is 24.4. The predicted octanol–water partition coefficient (Wildman–Crippen LogP) is 6.40. The predicted molar refractivity (Wildman–Crippen MR) is 272 cm³/mol. The van der Waals surface area contributed by atoms with Gasteiger partial charge < -0.3 is 51.8 Å². The van der Waals surface area contributed by atoms with Gasteiger partial charge >= 0.3 is 0 Å². The second kappa shape index (κ2) is 28.0. The molecule has 0 spiro atoms. The fourth-order valence-electron chi connectivity index (χ4n) is 7.57. The Labute approximate surface area is 412 Å². The van der Waals surface area contributed by atoms with E-state index in [2.05, 4.69) is 49.1 Å². The Bertz CT molecular complexity index is 2340. The maximum atomic E-state index is 13.7. The van der Waals surface area contributed by atoms with Crippen molar-refractivity contribution in [1.29, 1.82) is 0 Å². The van der Waals surface area contributed by atoms with Crippen LogP contribution in [0.4, 0.5) is 5.69 Å². The first-order chi connectivity index (χ1) is 33.4. The van der Waals surface area contributed by atoms with Gasteiger partial charge in [0.05, 0.1) is 36.9 Å². The number of aromatic nitrogens is 1. The van der Waals surface area contributed by atoms with Gasteiger partial charge in [-0.3, -0.25) is 33.8 Å². The normalized spacial score (nSPS) is 14.2. The van der Waals surface area contributed by atoms with Crippen LogP contribution in [0.25, 0.3) is 10.9 Å². The minimum absolute atomic E-state index is 0.0819. The second-order valence-corrected chi connectivity index (χ2v) is 18.4. The molecule has 4 aromatic rings. The summed E-state index contributed by atoms with van der Waals surface area (Å²) in [5.41, 5.74) is 2.29. The molecule has 17 heteroatoms. The molecule has 0 fully saturated rings. The second-order valence-electron chi connectivity index (χ2n) is 18.4. The summed E-state index contributed by atoms with van der Waals surface area (Å²) in [6, 6.07) is 17.1. The van der Waals surface area contributed by atoms with Gasteiger partial charge in [-0.15, -0.1) is 0 Å². The van der Waals surface area contributed by atoms with E-state index in [4.69, 9.17) is 9.47 Å². The number of hydrogen-bond donors (Lipinski definition) is 8. The average Bonchev–Trinajstić information content (AvgIpc) is 3.34. The highest BCUT2D eigenvalue weighted by Crippen LogP contribution is 2.29. The minimum atomic E-state index is -1.10. The summed E-state index contributed by atoms with van der Waals surface area (Å²) >= 11 is 0. The Balaban J connectivity index is 1.21. The Morgan fingerprint density at radius 2 is 1.30 bits per heavy atom. The monoisotopic (exact) mass is 967 g/mol. The van der Waals surface area contributed by atoms with Crippen molar-refractivity contribution < 1.29 is 43.3 Å². The molecule has 1 heterocycles. The molecule has 4 rings (SSSR count). The third-order valence-corrected chi connectivity index (χ3v) is 11.9. The van der Waals surface area contributed by atoms with Crippen LogP contribution in [0, 0.1) is 11.8 Å². The number of benzene rings is 3. The maximum absolute atomic E-state index is 13.7. The van der Waals surface area contributed by atoms with E-state index in [9.17, 15) is 33.9 Å². The molecule has 0 aliphatic heterocycles. The number of anilines is 1. The summed E-state index contributed by atoms with van der Waals surface area (Å²) in [4.78, 5) is 82.9. The van der Waals surface area contributed by atoms with E-state index in [-0.39, 0.29) is 41.7 Å². The van der Waals surface area contributed by atoms with Crippen LogP contribution in [0.1, 0.15) is 121 Å². The van der Waals surface area contributed by atoms with Crippen molar-refractivity contribution in [3.05, 3.63) is 90.1 Å². The molecule has 3 aromatic carbocycles. The van der Waals surface area contributed by atoms with Crippen LogP contribution in [0.5, 0.6) is 17.2 Å². The van der Waals surface area contributed by atoms with Crippen LogP contribution in [-0.2, 0) is 19.2 Å². The van der Waals surface area contributed by atoms with Gasteiger partial charge in [0.1, 0.15) is 35.4 Å². The molecule has 380 valence electrons. The van der Waals surface area contributed by atoms with E-state index in [1.54, 1.807) is 68.8 Å². The average molecular weight is 967 g/mol. The highest BCUT2D eigenvalue weighted by Gasteiger charge is 2.31. The number of carbonyl (C=O) groups is 6. The standard InChI is InChI=1S/C53H74N8O9/c1-10-12-25-54-46(63)31-45(62)43(28-32(3)4)60-53(68)47(33(5)11-2)61-52(67)38-19-23-41(24-20-38)70-40-21-17-37(18-22-40)51(66)59-36(8)50(65)58-35(7)49(64)56-27-13-15-34(6)57-44-30-42(69-9)29-39-16-14-26-55-48(39)44/h14,16-24,26,29-30,32-36,43,45,47,57,62H,10-13,15,25,27-28,31H2,1-9H3,(H,54,63)(H,56,64)(H,58,65)(H,59,66)(H,60,68)(H,61,67)/t33-,34?,35-,36-,43-,45-,47-/m0/s1. The molecule has 0 radical (unpaired) electrons. The Morgan fingerprint density at radius 3 is 1.90 bits per heavy atom. The van der Waals surface area contributed by atoms with Crippen molar-refractivity contribution >= 4 is 52.0 Å². The number of fused-ring (bicyclic) bond motifs is 1. The number of ether oxygens (including phenoxy) is 2. The van der Waals surface area contributed by atoms with Crippen molar-refractivity contribution in [3.63, 3.8) is 0 Å². The lowest BCUT2D eigenvalue weighted by Gasteiger charge is -2.30. The third-order valence-electron chi connectivity index (χ3n) is 11.9. The zero-order valence-corrected chi connectivity index (χ0v) is 42.1. The summed E-state index contributed by atoms with van der Waals surface area (Å²) in [7, 11) is 1.62. The van der Waals surface area contributed by atoms with E-state index in [1.165, 1.54) is 6.92 Å². The van der Waals surface area contributed by atoms with Crippen molar-refractivity contribution in [3.8, 4) is 17.2 Å². The van der Waals surface area contributed by atoms with Crippen molar-refractivity contribution in [2.75, 3.05) is 25.5 Å². The molecular formula is C53H74N8O9. The summed E-state index contributed by atoms with van der Waals surface area (Å²) in [5.74, 6) is -1.11. The number of amides is 6. The summed E-state index contributed by atoms with van der Waals surface area (Å²) in [6.07, 6.45) is 4.75. The molecule has 0 bridgehead atoms. The smallest absolute Gasteiger partial charge is 0.251 e. The molecule has 1 unspecified atom stereocenters. The van der Waals surface area contributed by atoms with Crippen LogP contribution in [-0.4, -0.2) is 102 Å². The van der Waals surface area contributed by atoms with Gasteiger partial charge in [0.25, 0.3) is 11.8 Å². The van der Waals surface area contributed by atoms with E-state index < -0.39 is 53.9 Å². The van der Waals surface area contributed by atoms with E-state index in [1.807, 2.05) is 58.9 Å². The summed E-state index contributed by atoms with van der Waals surface area (Å²) < 4.78 is 11.4. The largest absolute Gasteiger partial charge is 0.497 e. The number of nitrogens with zero attached hydrogens (tertiary/aromatic N) is 1. The first-order valence-electron chi connectivity index (χ1n) is 24.4. The molecule has 7 atom stereocenters. The first kappa shape index (κ1) is 55.8. The number of methoxy groups -OCH3 is 1. The zero-order valence-electron chi connectivity index (χ0n) is 42.1. The minimum Gasteiger partial charge on any atom is -0.497 e. The molecule has 0 saturated heterocycles. The fraction of sp³-hybridized carbons (Fsp3) is 0.491. The van der Waals surface area contributed by atoms with Gasteiger partial charge in [-0.2, -0.15) is 0 Å². The highest BCUT2D eigenvalue weighted by atomic mass is 16.5. The topological polar surface area (TPSA) is 238 Å². The fourth-order valence-corrected chi connectivity index (χ4v) is 7.57. The molecular weight excluding hydrogens is 893 g/mol. The lowest BCUT2D eigenvalue weighted by molar-refractivity contribution is -0.129. The SMILES string of the molecule is CCCCNC(=O)C[C@H](O)[C@H](CC(C)C)NC(=O)[C@@H](NC(=O)c1ccc(Oc2ccc(C(=O)N[C@@H](C)C(=O)N[C@@H](C)C(=O)NCCCC(C)Nc3cc(OC)cc4cccnc34)cc2)cc1)[C@@H](C)CC. The quantitative estimate of drug-likeness (QED) is 0.0290. The molecule has 8 N–H and O–H groups in total.